The molecule has 0 fully saturated rings. The number of hydrogen-bond acceptors (Lipinski definition) is 3. The summed E-state index contributed by atoms with van der Waals surface area (Å²) in [5.74, 6) is 0. The Morgan fingerprint density at radius 2 is 2.21 bits per heavy atom. The number of aromatic nitrogens is 1. The largest absolute Gasteiger partial charge is 0.394 e. The van der Waals surface area contributed by atoms with Gasteiger partial charge in [-0.15, -0.1) is 0 Å². The van der Waals surface area contributed by atoms with Crippen LogP contribution >= 0.6 is 0 Å². The quantitative estimate of drug-likeness (QED) is 0.759. The second-order valence-corrected chi connectivity index (χ2v) is 4.00. The molecule has 0 amide bonds. The van der Waals surface area contributed by atoms with Crippen LogP contribution in [0.15, 0.2) is 24.4 Å². The molecule has 2 N–H and O–H groups in total. The third kappa shape index (κ3) is 2.53. The summed E-state index contributed by atoms with van der Waals surface area (Å²) in [7, 11) is 0. The van der Waals surface area contributed by atoms with E-state index in [9.17, 15) is 5.11 Å². The second kappa shape index (κ2) is 4.53. The Bertz CT molecular complexity index is 274. The fraction of sp³-hybridized carbons (Fsp3) is 0.545. The van der Waals surface area contributed by atoms with Gasteiger partial charge in [0.2, 0.25) is 0 Å². The van der Waals surface area contributed by atoms with Crippen LogP contribution in [0, 0.1) is 0 Å². The van der Waals surface area contributed by atoms with E-state index in [2.05, 4.69) is 24.1 Å². The van der Waals surface area contributed by atoms with Crippen molar-refractivity contribution >= 4 is 0 Å². The molecule has 0 radical (unpaired) electrons. The summed E-state index contributed by atoms with van der Waals surface area (Å²) in [5.41, 5.74) is 0.423. The molecule has 3 heteroatoms. The Hall–Kier alpha value is -0.930. The number of hydrogen-bond donors (Lipinski definition) is 2. The predicted molar refractivity (Wildman–Crippen MR) is 56.9 cm³/mol. The molecular formula is C11H18N2O. The lowest BCUT2D eigenvalue weighted by Gasteiger charge is -2.30. The van der Waals surface area contributed by atoms with E-state index in [1.807, 2.05) is 25.1 Å². The molecule has 14 heavy (non-hydrogen) atoms. The Morgan fingerprint density at radius 1 is 1.50 bits per heavy atom. The molecule has 1 rings (SSSR count). The van der Waals surface area contributed by atoms with E-state index in [4.69, 9.17) is 0 Å². The standard InChI is InChI=1S/C11H18N2O/c1-9(2)13-11(3,8-14)10-6-4-5-7-12-10/h4-7,9,13-14H,8H2,1-3H3. The highest BCUT2D eigenvalue weighted by atomic mass is 16.3. The lowest BCUT2D eigenvalue weighted by molar-refractivity contribution is 0.162. The SMILES string of the molecule is CC(C)NC(C)(CO)c1ccccn1. The number of nitrogens with one attached hydrogen (secondary N) is 1. The first kappa shape index (κ1) is 11.1. The van der Waals surface area contributed by atoms with Gasteiger partial charge in [0, 0.05) is 12.2 Å². The van der Waals surface area contributed by atoms with Crippen LogP contribution < -0.4 is 5.32 Å². The van der Waals surface area contributed by atoms with Crippen molar-refractivity contribution < 1.29 is 5.11 Å². The van der Waals surface area contributed by atoms with Crippen LogP contribution in [0.1, 0.15) is 26.5 Å². The maximum Gasteiger partial charge on any atom is 0.0815 e. The van der Waals surface area contributed by atoms with Crippen molar-refractivity contribution in [3.63, 3.8) is 0 Å². The Balaban J connectivity index is 2.90. The minimum Gasteiger partial charge on any atom is -0.394 e. The lowest BCUT2D eigenvalue weighted by Crippen LogP contribution is -2.47. The van der Waals surface area contributed by atoms with Crippen LogP contribution in [0.25, 0.3) is 0 Å². The Morgan fingerprint density at radius 3 is 2.64 bits per heavy atom. The molecule has 0 saturated heterocycles. The van der Waals surface area contributed by atoms with E-state index >= 15 is 0 Å². The van der Waals surface area contributed by atoms with E-state index in [0.717, 1.165) is 5.69 Å². The van der Waals surface area contributed by atoms with Crippen LogP contribution in [0.5, 0.6) is 0 Å². The molecule has 1 aromatic heterocycles. The summed E-state index contributed by atoms with van der Waals surface area (Å²) in [6.07, 6.45) is 1.74. The van der Waals surface area contributed by atoms with Crippen molar-refractivity contribution in [2.45, 2.75) is 32.4 Å². The monoisotopic (exact) mass is 194 g/mol. The zero-order valence-corrected chi connectivity index (χ0v) is 8.99. The predicted octanol–water partition coefficient (Wildman–Crippen LogP) is 1.29. The van der Waals surface area contributed by atoms with Gasteiger partial charge in [-0.05, 0) is 32.9 Å². The number of rotatable bonds is 4. The molecule has 0 aliphatic carbocycles. The van der Waals surface area contributed by atoms with Crippen molar-refractivity contribution in [1.82, 2.24) is 10.3 Å². The Labute approximate surface area is 85.2 Å². The van der Waals surface area contributed by atoms with Crippen molar-refractivity contribution in [1.29, 1.82) is 0 Å². The lowest BCUT2D eigenvalue weighted by atomic mass is 9.97. The van der Waals surface area contributed by atoms with E-state index in [-0.39, 0.29) is 6.61 Å². The molecule has 1 heterocycles. The van der Waals surface area contributed by atoms with Gasteiger partial charge < -0.3 is 10.4 Å². The summed E-state index contributed by atoms with van der Waals surface area (Å²) in [5, 5.41) is 12.7. The summed E-state index contributed by atoms with van der Waals surface area (Å²) in [6.45, 7) is 6.10. The molecule has 0 aliphatic heterocycles. The van der Waals surface area contributed by atoms with Gasteiger partial charge in [-0.1, -0.05) is 6.07 Å². The summed E-state index contributed by atoms with van der Waals surface area (Å²) >= 11 is 0. The van der Waals surface area contributed by atoms with Gasteiger partial charge in [0.25, 0.3) is 0 Å². The first-order chi connectivity index (χ1) is 6.58. The molecule has 1 aromatic rings. The molecule has 0 bridgehead atoms. The van der Waals surface area contributed by atoms with Crippen LogP contribution in [-0.2, 0) is 5.54 Å². The first-order valence-corrected chi connectivity index (χ1v) is 4.88. The smallest absolute Gasteiger partial charge is 0.0815 e. The first-order valence-electron chi connectivity index (χ1n) is 4.88. The van der Waals surface area contributed by atoms with Gasteiger partial charge in [0.15, 0.2) is 0 Å². The van der Waals surface area contributed by atoms with Gasteiger partial charge in [-0.25, -0.2) is 0 Å². The van der Waals surface area contributed by atoms with E-state index < -0.39 is 5.54 Å². The number of aliphatic hydroxyl groups excluding tert-OH is 1. The number of pyridine rings is 1. The van der Waals surface area contributed by atoms with Crippen LogP contribution in [0.3, 0.4) is 0 Å². The highest BCUT2D eigenvalue weighted by Gasteiger charge is 2.27. The van der Waals surface area contributed by atoms with Crippen LogP contribution in [0.2, 0.25) is 0 Å². The van der Waals surface area contributed by atoms with Crippen molar-refractivity contribution in [3.8, 4) is 0 Å². The molecule has 0 aromatic carbocycles. The maximum absolute atomic E-state index is 9.39. The molecule has 78 valence electrons. The minimum absolute atomic E-state index is 0.0438. The molecule has 1 unspecified atom stereocenters. The van der Waals surface area contributed by atoms with Gasteiger partial charge in [0.1, 0.15) is 0 Å². The highest BCUT2D eigenvalue weighted by Crippen LogP contribution is 2.17. The molecule has 0 spiro atoms. The zero-order valence-electron chi connectivity index (χ0n) is 8.99. The normalized spacial score (nSPS) is 15.5. The molecule has 1 atom stereocenters. The Kier molecular flexibility index (Phi) is 3.61. The van der Waals surface area contributed by atoms with E-state index in [1.165, 1.54) is 0 Å². The zero-order chi connectivity index (χ0) is 10.6. The van der Waals surface area contributed by atoms with Gasteiger partial charge in [0.05, 0.1) is 17.8 Å². The van der Waals surface area contributed by atoms with Crippen LogP contribution in [0.4, 0.5) is 0 Å². The molecular weight excluding hydrogens is 176 g/mol. The third-order valence-corrected chi connectivity index (χ3v) is 2.15. The highest BCUT2D eigenvalue weighted by molar-refractivity contribution is 5.14. The fourth-order valence-corrected chi connectivity index (χ4v) is 1.53. The average molecular weight is 194 g/mol. The molecule has 3 nitrogen and oxygen atoms in total. The maximum atomic E-state index is 9.39. The van der Waals surface area contributed by atoms with Gasteiger partial charge in [-0.2, -0.15) is 0 Å². The average Bonchev–Trinajstić information content (AvgIpc) is 2.18. The number of aliphatic hydroxyl groups is 1. The fourth-order valence-electron chi connectivity index (χ4n) is 1.53. The van der Waals surface area contributed by atoms with Crippen molar-refractivity contribution in [3.05, 3.63) is 30.1 Å². The number of nitrogens with zero attached hydrogens (tertiary/aromatic N) is 1. The van der Waals surface area contributed by atoms with Crippen molar-refractivity contribution in [2.24, 2.45) is 0 Å². The van der Waals surface area contributed by atoms with Gasteiger partial charge in [-0.3, -0.25) is 4.98 Å². The summed E-state index contributed by atoms with van der Waals surface area (Å²) in [6, 6.07) is 6.04. The van der Waals surface area contributed by atoms with E-state index in [0.29, 0.717) is 6.04 Å². The second-order valence-electron chi connectivity index (χ2n) is 4.00. The minimum atomic E-state index is -0.449. The van der Waals surface area contributed by atoms with Crippen molar-refractivity contribution in [2.75, 3.05) is 6.61 Å². The summed E-state index contributed by atoms with van der Waals surface area (Å²) < 4.78 is 0. The van der Waals surface area contributed by atoms with Gasteiger partial charge >= 0.3 is 0 Å². The van der Waals surface area contributed by atoms with E-state index in [1.54, 1.807) is 6.20 Å². The topological polar surface area (TPSA) is 45.1 Å². The molecule has 0 saturated carbocycles. The molecule has 0 aliphatic rings. The third-order valence-electron chi connectivity index (χ3n) is 2.15. The van der Waals surface area contributed by atoms with Crippen LogP contribution in [-0.4, -0.2) is 22.7 Å². The summed E-state index contributed by atoms with van der Waals surface area (Å²) in [4.78, 5) is 4.25.